The van der Waals surface area contributed by atoms with Gasteiger partial charge in [0.15, 0.2) is 5.13 Å². The summed E-state index contributed by atoms with van der Waals surface area (Å²) in [6.45, 7) is 6.06. The molecule has 1 N–H and O–H groups in total. The SMILES string of the molecule is CNC1CCCc2sc(N3CC4CCCN4CC3C)nc21. The van der Waals surface area contributed by atoms with Crippen LogP contribution in [0.5, 0.6) is 0 Å². The van der Waals surface area contributed by atoms with E-state index in [9.17, 15) is 0 Å². The summed E-state index contributed by atoms with van der Waals surface area (Å²) in [7, 11) is 2.07. The van der Waals surface area contributed by atoms with Crippen molar-refractivity contribution in [1.29, 1.82) is 0 Å². The van der Waals surface area contributed by atoms with Gasteiger partial charge < -0.3 is 10.2 Å². The van der Waals surface area contributed by atoms with Crippen LogP contribution in [0.4, 0.5) is 5.13 Å². The summed E-state index contributed by atoms with van der Waals surface area (Å²) in [5.74, 6) is 0. The fourth-order valence-electron chi connectivity index (χ4n) is 4.26. The van der Waals surface area contributed by atoms with Crippen molar-refractivity contribution in [3.05, 3.63) is 10.6 Å². The molecule has 1 aromatic heterocycles. The second-order valence-corrected chi connectivity index (χ2v) is 7.89. The molecule has 0 radical (unpaired) electrons. The third kappa shape index (κ3) is 2.39. The van der Waals surface area contributed by atoms with Gasteiger partial charge in [0, 0.05) is 30.1 Å². The molecule has 3 unspecified atom stereocenters. The highest BCUT2D eigenvalue weighted by molar-refractivity contribution is 7.15. The molecule has 21 heavy (non-hydrogen) atoms. The normalized spacial score (nSPS) is 33.0. The van der Waals surface area contributed by atoms with Gasteiger partial charge in [0.1, 0.15) is 0 Å². The number of rotatable bonds is 2. The number of anilines is 1. The van der Waals surface area contributed by atoms with Crippen LogP contribution in [0, 0.1) is 0 Å². The number of piperazine rings is 1. The van der Waals surface area contributed by atoms with Crippen LogP contribution < -0.4 is 10.2 Å². The summed E-state index contributed by atoms with van der Waals surface area (Å²) in [5.41, 5.74) is 1.34. The Hall–Kier alpha value is -0.650. The van der Waals surface area contributed by atoms with E-state index >= 15 is 0 Å². The second-order valence-electron chi connectivity index (χ2n) is 6.83. The van der Waals surface area contributed by atoms with Crippen molar-refractivity contribution in [3.8, 4) is 0 Å². The minimum Gasteiger partial charge on any atom is -0.343 e. The van der Waals surface area contributed by atoms with Crippen LogP contribution in [0.1, 0.15) is 49.2 Å². The Morgan fingerprint density at radius 2 is 2.14 bits per heavy atom. The summed E-state index contributed by atoms with van der Waals surface area (Å²) in [6, 6.07) is 1.84. The maximum absolute atomic E-state index is 5.05. The van der Waals surface area contributed by atoms with E-state index in [0.717, 1.165) is 6.04 Å². The van der Waals surface area contributed by atoms with E-state index in [4.69, 9.17) is 4.98 Å². The molecule has 0 aromatic carbocycles. The lowest BCUT2D eigenvalue weighted by atomic mass is 9.98. The zero-order valence-corrected chi connectivity index (χ0v) is 14.0. The number of nitrogens with one attached hydrogen (secondary N) is 1. The number of aryl methyl sites for hydroxylation is 1. The van der Waals surface area contributed by atoms with E-state index in [0.29, 0.717) is 12.1 Å². The molecular formula is C16H26N4S. The number of hydrogen-bond donors (Lipinski definition) is 1. The zero-order valence-electron chi connectivity index (χ0n) is 13.1. The van der Waals surface area contributed by atoms with Crippen LogP contribution in [0.3, 0.4) is 0 Å². The first-order valence-electron chi connectivity index (χ1n) is 8.44. The van der Waals surface area contributed by atoms with Crippen molar-refractivity contribution >= 4 is 16.5 Å². The lowest BCUT2D eigenvalue weighted by molar-refractivity contribution is 0.203. The van der Waals surface area contributed by atoms with Crippen molar-refractivity contribution in [2.24, 2.45) is 0 Å². The number of hydrogen-bond acceptors (Lipinski definition) is 5. The number of fused-ring (bicyclic) bond motifs is 2. The molecule has 2 saturated heterocycles. The van der Waals surface area contributed by atoms with Gasteiger partial charge in [-0.25, -0.2) is 4.98 Å². The minimum atomic E-state index is 0.474. The van der Waals surface area contributed by atoms with E-state index in [1.165, 1.54) is 67.4 Å². The standard InChI is InChI=1S/C16H26N4S/c1-11-9-19-8-4-5-12(19)10-20(11)16-18-15-13(17-2)6-3-7-14(15)21-16/h11-13,17H,3-10H2,1-2H3. The Morgan fingerprint density at radius 3 is 3.00 bits per heavy atom. The Balaban J connectivity index is 1.60. The summed E-state index contributed by atoms with van der Waals surface area (Å²) in [4.78, 5) is 11.9. The van der Waals surface area contributed by atoms with Crippen LogP contribution in [-0.4, -0.2) is 48.6 Å². The molecule has 3 aliphatic rings. The molecule has 2 aliphatic heterocycles. The Kier molecular flexibility index (Phi) is 3.67. The van der Waals surface area contributed by atoms with E-state index in [1.807, 2.05) is 11.3 Å². The molecule has 4 rings (SSSR count). The van der Waals surface area contributed by atoms with E-state index in [-0.39, 0.29) is 0 Å². The topological polar surface area (TPSA) is 31.4 Å². The Bertz CT molecular complexity index is 514. The largest absolute Gasteiger partial charge is 0.343 e. The molecule has 1 aromatic rings. The van der Waals surface area contributed by atoms with E-state index in [1.54, 1.807) is 0 Å². The molecule has 2 fully saturated rings. The van der Waals surface area contributed by atoms with Crippen molar-refractivity contribution in [2.75, 3.05) is 31.6 Å². The molecule has 5 heteroatoms. The van der Waals surface area contributed by atoms with Gasteiger partial charge in [-0.05, 0) is 52.6 Å². The van der Waals surface area contributed by atoms with Crippen molar-refractivity contribution in [3.63, 3.8) is 0 Å². The molecule has 1 aliphatic carbocycles. The van der Waals surface area contributed by atoms with Gasteiger partial charge in [0.2, 0.25) is 0 Å². The highest BCUT2D eigenvalue weighted by Gasteiger charge is 2.36. The predicted molar refractivity (Wildman–Crippen MR) is 88.3 cm³/mol. The van der Waals surface area contributed by atoms with E-state index < -0.39 is 0 Å². The Morgan fingerprint density at radius 1 is 1.24 bits per heavy atom. The Labute approximate surface area is 131 Å². The average molecular weight is 306 g/mol. The third-order valence-electron chi connectivity index (χ3n) is 5.47. The first kappa shape index (κ1) is 14.0. The van der Waals surface area contributed by atoms with Gasteiger partial charge in [-0.3, -0.25) is 4.90 Å². The minimum absolute atomic E-state index is 0.474. The predicted octanol–water partition coefficient (Wildman–Crippen LogP) is 2.41. The van der Waals surface area contributed by atoms with Crippen LogP contribution in [0.15, 0.2) is 0 Å². The average Bonchev–Trinajstić information content (AvgIpc) is 3.11. The molecular weight excluding hydrogens is 280 g/mol. The molecule has 3 heterocycles. The van der Waals surface area contributed by atoms with Crippen molar-refractivity contribution < 1.29 is 0 Å². The van der Waals surface area contributed by atoms with Crippen molar-refractivity contribution in [1.82, 2.24) is 15.2 Å². The van der Waals surface area contributed by atoms with Gasteiger partial charge in [-0.1, -0.05) is 0 Å². The van der Waals surface area contributed by atoms with Gasteiger partial charge in [-0.15, -0.1) is 11.3 Å². The van der Waals surface area contributed by atoms with Gasteiger partial charge in [0.25, 0.3) is 0 Å². The maximum Gasteiger partial charge on any atom is 0.186 e. The van der Waals surface area contributed by atoms with Crippen LogP contribution in [-0.2, 0) is 6.42 Å². The summed E-state index contributed by atoms with van der Waals surface area (Å²) < 4.78 is 0. The molecule has 116 valence electrons. The molecule has 0 spiro atoms. The highest BCUT2D eigenvalue weighted by atomic mass is 32.1. The first-order chi connectivity index (χ1) is 10.3. The molecule has 0 saturated carbocycles. The monoisotopic (exact) mass is 306 g/mol. The number of nitrogens with zero attached hydrogens (tertiary/aromatic N) is 3. The first-order valence-corrected chi connectivity index (χ1v) is 9.25. The molecule has 4 nitrogen and oxygen atoms in total. The van der Waals surface area contributed by atoms with Crippen LogP contribution >= 0.6 is 11.3 Å². The fourth-order valence-corrected chi connectivity index (χ4v) is 5.54. The lowest BCUT2D eigenvalue weighted by Crippen LogP contribution is -2.55. The molecule has 0 amide bonds. The van der Waals surface area contributed by atoms with Crippen LogP contribution in [0.2, 0.25) is 0 Å². The zero-order chi connectivity index (χ0) is 14.4. The summed E-state index contributed by atoms with van der Waals surface area (Å²) in [5, 5.41) is 4.72. The number of aromatic nitrogens is 1. The van der Waals surface area contributed by atoms with E-state index in [2.05, 4.69) is 29.1 Å². The molecule has 3 atom stereocenters. The van der Waals surface area contributed by atoms with Gasteiger partial charge in [0.05, 0.1) is 11.7 Å². The van der Waals surface area contributed by atoms with Crippen LogP contribution in [0.25, 0.3) is 0 Å². The summed E-state index contributed by atoms with van der Waals surface area (Å²) >= 11 is 1.96. The third-order valence-corrected chi connectivity index (χ3v) is 6.64. The maximum atomic E-state index is 5.05. The quantitative estimate of drug-likeness (QED) is 0.909. The molecule has 0 bridgehead atoms. The number of thiazole rings is 1. The lowest BCUT2D eigenvalue weighted by Gasteiger charge is -2.42. The van der Waals surface area contributed by atoms with Gasteiger partial charge in [-0.2, -0.15) is 0 Å². The second kappa shape index (κ2) is 5.52. The summed E-state index contributed by atoms with van der Waals surface area (Å²) in [6.07, 6.45) is 6.50. The fraction of sp³-hybridized carbons (Fsp3) is 0.812. The smallest absolute Gasteiger partial charge is 0.186 e. The van der Waals surface area contributed by atoms with Gasteiger partial charge >= 0.3 is 0 Å². The highest BCUT2D eigenvalue weighted by Crippen LogP contribution is 2.38. The van der Waals surface area contributed by atoms with Crippen molar-refractivity contribution in [2.45, 2.75) is 57.2 Å².